The van der Waals surface area contributed by atoms with Gasteiger partial charge in [-0.3, -0.25) is 9.69 Å². The predicted molar refractivity (Wildman–Crippen MR) is 105 cm³/mol. The van der Waals surface area contributed by atoms with Crippen molar-refractivity contribution in [3.05, 3.63) is 71.8 Å². The molecule has 2 aromatic carbocycles. The van der Waals surface area contributed by atoms with Gasteiger partial charge in [-0.25, -0.2) is 0 Å². The first kappa shape index (κ1) is 17.4. The van der Waals surface area contributed by atoms with Crippen LogP contribution in [0.3, 0.4) is 0 Å². The monoisotopic (exact) mass is 351 g/mol. The topological polar surface area (TPSA) is 45.0 Å². The van der Waals surface area contributed by atoms with Crippen molar-refractivity contribution in [1.82, 2.24) is 4.90 Å². The van der Waals surface area contributed by atoms with Crippen LogP contribution in [0, 0.1) is 0 Å². The number of amides is 1. The summed E-state index contributed by atoms with van der Waals surface area (Å²) in [7, 11) is 0. The molecule has 0 spiro atoms. The summed E-state index contributed by atoms with van der Waals surface area (Å²) in [4.78, 5) is 14.5. The lowest BCUT2D eigenvalue weighted by atomic mass is 10.2. The van der Waals surface area contributed by atoms with E-state index in [4.69, 9.17) is 0 Å². The maximum absolute atomic E-state index is 12.7. The van der Waals surface area contributed by atoms with Crippen molar-refractivity contribution in [3.8, 4) is 0 Å². The standard InChI is InChI=1S/C20H21N3OS/c1-2-9-18-19(24)23(15-17-12-7-4-8-13-17)20(25-18)22-21-14-16-10-5-3-6-11-16/h3-8,10-14,18H,2,9,15H2,1H3/b21-14+,22-20-. The number of hydrogen-bond acceptors (Lipinski definition) is 4. The summed E-state index contributed by atoms with van der Waals surface area (Å²) in [5.41, 5.74) is 2.08. The van der Waals surface area contributed by atoms with Gasteiger partial charge in [-0.1, -0.05) is 85.8 Å². The summed E-state index contributed by atoms with van der Waals surface area (Å²) in [6.45, 7) is 2.63. The molecule has 1 heterocycles. The number of carbonyl (C=O) groups excluding carboxylic acids is 1. The maximum atomic E-state index is 12.7. The molecule has 1 aliphatic heterocycles. The molecule has 5 heteroatoms. The largest absolute Gasteiger partial charge is 0.284 e. The Morgan fingerprint density at radius 1 is 1.08 bits per heavy atom. The highest BCUT2D eigenvalue weighted by Gasteiger charge is 2.37. The van der Waals surface area contributed by atoms with Crippen molar-refractivity contribution in [2.75, 3.05) is 0 Å². The normalized spacial score (nSPS) is 19.2. The van der Waals surface area contributed by atoms with E-state index in [1.807, 2.05) is 60.7 Å². The second-order valence-corrected chi connectivity index (χ2v) is 7.01. The Morgan fingerprint density at radius 2 is 1.76 bits per heavy atom. The third-order valence-electron chi connectivity index (χ3n) is 3.90. The van der Waals surface area contributed by atoms with Crippen LogP contribution < -0.4 is 0 Å². The fourth-order valence-corrected chi connectivity index (χ4v) is 3.84. The quantitative estimate of drug-likeness (QED) is 0.575. The van der Waals surface area contributed by atoms with Crippen molar-refractivity contribution in [2.24, 2.45) is 10.2 Å². The van der Waals surface area contributed by atoms with Gasteiger partial charge in [-0.2, -0.15) is 5.10 Å². The SMILES string of the molecule is CCCC1S/C(=N\N=C\c2ccccc2)N(Cc2ccccc2)C1=O. The van der Waals surface area contributed by atoms with E-state index in [1.54, 1.807) is 11.1 Å². The van der Waals surface area contributed by atoms with Crippen LogP contribution >= 0.6 is 11.8 Å². The van der Waals surface area contributed by atoms with Crippen LogP contribution in [0.25, 0.3) is 0 Å². The number of carbonyl (C=O) groups is 1. The molecular formula is C20H21N3OS. The molecule has 1 amide bonds. The Hall–Kier alpha value is -2.40. The molecule has 0 radical (unpaired) electrons. The van der Waals surface area contributed by atoms with Crippen LogP contribution in [-0.2, 0) is 11.3 Å². The molecule has 0 aromatic heterocycles. The number of nitrogens with zero attached hydrogens (tertiary/aromatic N) is 3. The summed E-state index contributed by atoms with van der Waals surface area (Å²) >= 11 is 1.52. The Kier molecular flexibility index (Phi) is 6.01. The second kappa shape index (κ2) is 8.62. The van der Waals surface area contributed by atoms with Gasteiger partial charge in [0.25, 0.3) is 0 Å². The molecule has 4 nitrogen and oxygen atoms in total. The fourth-order valence-electron chi connectivity index (χ4n) is 2.63. The third-order valence-corrected chi connectivity index (χ3v) is 5.14. The first-order valence-electron chi connectivity index (χ1n) is 8.46. The van der Waals surface area contributed by atoms with E-state index in [1.165, 1.54) is 11.8 Å². The molecule has 1 unspecified atom stereocenters. The van der Waals surface area contributed by atoms with E-state index in [0.29, 0.717) is 11.7 Å². The van der Waals surface area contributed by atoms with Gasteiger partial charge >= 0.3 is 0 Å². The molecule has 1 fully saturated rings. The Bertz CT molecular complexity index is 759. The number of hydrogen-bond donors (Lipinski definition) is 0. The molecule has 1 saturated heterocycles. The van der Waals surface area contributed by atoms with Crippen LogP contribution in [0.4, 0.5) is 0 Å². The minimum atomic E-state index is -0.0561. The van der Waals surface area contributed by atoms with E-state index in [-0.39, 0.29) is 11.2 Å². The van der Waals surface area contributed by atoms with Gasteiger partial charge < -0.3 is 0 Å². The highest BCUT2D eigenvalue weighted by Crippen LogP contribution is 2.31. The average molecular weight is 351 g/mol. The first-order valence-corrected chi connectivity index (χ1v) is 9.34. The van der Waals surface area contributed by atoms with Crippen LogP contribution in [0.1, 0.15) is 30.9 Å². The summed E-state index contributed by atoms with van der Waals surface area (Å²) in [5.74, 6) is 0.129. The van der Waals surface area contributed by atoms with Gasteiger partial charge in [-0.15, -0.1) is 5.10 Å². The second-order valence-electron chi connectivity index (χ2n) is 5.84. The molecule has 0 aliphatic carbocycles. The minimum Gasteiger partial charge on any atom is -0.284 e. The summed E-state index contributed by atoms with van der Waals surface area (Å²) in [6, 6.07) is 19.8. The van der Waals surface area contributed by atoms with Crippen molar-refractivity contribution in [3.63, 3.8) is 0 Å². The van der Waals surface area contributed by atoms with Gasteiger partial charge in [0.1, 0.15) is 0 Å². The summed E-state index contributed by atoms with van der Waals surface area (Å²) < 4.78 is 0. The number of rotatable bonds is 6. The first-order chi connectivity index (χ1) is 12.3. The molecule has 25 heavy (non-hydrogen) atoms. The number of benzene rings is 2. The zero-order valence-electron chi connectivity index (χ0n) is 14.2. The Morgan fingerprint density at radius 3 is 2.44 bits per heavy atom. The number of amidine groups is 1. The van der Waals surface area contributed by atoms with Crippen LogP contribution in [0.2, 0.25) is 0 Å². The molecule has 1 aliphatic rings. The third kappa shape index (κ3) is 4.57. The van der Waals surface area contributed by atoms with E-state index < -0.39 is 0 Å². The van der Waals surface area contributed by atoms with Crippen molar-refractivity contribution >= 4 is 29.1 Å². The molecule has 128 valence electrons. The van der Waals surface area contributed by atoms with Crippen LogP contribution in [0.5, 0.6) is 0 Å². The molecule has 0 bridgehead atoms. The summed E-state index contributed by atoms with van der Waals surface area (Å²) in [5, 5.41) is 9.15. The van der Waals surface area contributed by atoms with E-state index in [9.17, 15) is 4.79 Å². The maximum Gasteiger partial charge on any atom is 0.242 e. The number of thioether (sulfide) groups is 1. The van der Waals surface area contributed by atoms with Gasteiger partial charge in [0.05, 0.1) is 18.0 Å². The zero-order valence-corrected chi connectivity index (χ0v) is 15.0. The predicted octanol–water partition coefficient (Wildman–Crippen LogP) is 4.32. The Balaban J connectivity index is 1.79. The summed E-state index contributed by atoms with van der Waals surface area (Å²) in [6.07, 6.45) is 3.55. The van der Waals surface area contributed by atoms with Gasteiger partial charge in [0, 0.05) is 0 Å². The zero-order chi connectivity index (χ0) is 17.5. The molecule has 0 N–H and O–H groups in total. The van der Waals surface area contributed by atoms with Crippen LogP contribution in [-0.4, -0.2) is 27.4 Å². The van der Waals surface area contributed by atoms with Crippen molar-refractivity contribution < 1.29 is 4.79 Å². The van der Waals surface area contributed by atoms with Gasteiger partial charge in [0.15, 0.2) is 5.17 Å². The highest BCUT2D eigenvalue weighted by molar-refractivity contribution is 8.15. The van der Waals surface area contributed by atoms with Gasteiger partial charge in [-0.05, 0) is 17.5 Å². The lowest BCUT2D eigenvalue weighted by Gasteiger charge is -2.15. The molecule has 3 rings (SSSR count). The fraction of sp³-hybridized carbons (Fsp3) is 0.250. The van der Waals surface area contributed by atoms with Crippen molar-refractivity contribution in [1.29, 1.82) is 0 Å². The lowest BCUT2D eigenvalue weighted by Crippen LogP contribution is -2.31. The minimum absolute atomic E-state index is 0.0561. The van der Waals surface area contributed by atoms with E-state index in [0.717, 1.165) is 24.0 Å². The van der Waals surface area contributed by atoms with Crippen LogP contribution in [0.15, 0.2) is 70.9 Å². The average Bonchev–Trinajstić information content (AvgIpc) is 2.93. The van der Waals surface area contributed by atoms with Crippen molar-refractivity contribution in [2.45, 2.75) is 31.6 Å². The molecule has 0 saturated carbocycles. The Labute approximate surface area is 152 Å². The molecule has 2 aromatic rings. The van der Waals surface area contributed by atoms with Gasteiger partial charge in [0.2, 0.25) is 5.91 Å². The smallest absolute Gasteiger partial charge is 0.242 e. The lowest BCUT2D eigenvalue weighted by molar-refractivity contribution is -0.126. The molecule has 1 atom stereocenters. The van der Waals surface area contributed by atoms with E-state index >= 15 is 0 Å². The van der Waals surface area contributed by atoms with E-state index in [2.05, 4.69) is 17.1 Å². The molecular weight excluding hydrogens is 330 g/mol. The highest BCUT2D eigenvalue weighted by atomic mass is 32.2.